The number of ketones is 1. The van der Waals surface area contributed by atoms with Crippen LogP contribution in [0, 0.1) is 0 Å². The van der Waals surface area contributed by atoms with Gasteiger partial charge in [0.15, 0.2) is 28.8 Å². The second kappa shape index (κ2) is 6.64. The van der Waals surface area contributed by atoms with Gasteiger partial charge in [-0.3, -0.25) is 9.69 Å². The number of ether oxygens (including phenoxy) is 4. The van der Waals surface area contributed by atoms with Crippen molar-refractivity contribution in [2.24, 2.45) is 0 Å². The van der Waals surface area contributed by atoms with Crippen molar-refractivity contribution in [3.05, 3.63) is 58.7 Å². The molecule has 4 aliphatic heterocycles. The molecule has 4 aliphatic rings. The summed E-state index contributed by atoms with van der Waals surface area (Å²) < 4.78 is 21.8. The van der Waals surface area contributed by atoms with Crippen LogP contribution in [-0.4, -0.2) is 43.4 Å². The molecular weight excluding hydrogens is 382 g/mol. The highest BCUT2D eigenvalue weighted by atomic mass is 16.7. The molecule has 0 aromatic heterocycles. The summed E-state index contributed by atoms with van der Waals surface area (Å²) in [6.45, 7) is 0.480. The van der Waals surface area contributed by atoms with Gasteiger partial charge < -0.3 is 18.9 Å². The van der Waals surface area contributed by atoms with E-state index >= 15 is 0 Å². The quantitative estimate of drug-likeness (QED) is 0.714. The maximum atomic E-state index is 13.5. The maximum Gasteiger partial charge on any atom is 0.231 e. The minimum absolute atomic E-state index is 0.121. The van der Waals surface area contributed by atoms with Crippen LogP contribution < -0.4 is 18.9 Å². The largest absolute Gasteiger partial charge is 0.454 e. The van der Waals surface area contributed by atoms with Crippen LogP contribution in [0.2, 0.25) is 0 Å². The molecule has 0 saturated carbocycles. The number of carbonyl (C=O) groups excluding carboxylic acids is 1. The van der Waals surface area contributed by atoms with Crippen molar-refractivity contribution in [3.63, 3.8) is 0 Å². The number of hydrogen-bond donors (Lipinski definition) is 0. The van der Waals surface area contributed by atoms with E-state index in [4.69, 9.17) is 18.9 Å². The lowest BCUT2D eigenvalue weighted by atomic mass is 9.88. The number of hydrogen-bond acceptors (Lipinski definition) is 6. The van der Waals surface area contributed by atoms with Crippen LogP contribution in [0.15, 0.2) is 47.5 Å². The summed E-state index contributed by atoms with van der Waals surface area (Å²) in [5.74, 6) is 3.06. The van der Waals surface area contributed by atoms with Gasteiger partial charge in [0.05, 0.1) is 0 Å². The summed E-state index contributed by atoms with van der Waals surface area (Å²) in [6.07, 6.45) is 5.95. The zero-order valence-electron chi connectivity index (χ0n) is 16.6. The number of nitrogens with zero attached hydrogens (tertiary/aromatic N) is 1. The number of benzene rings is 2. The molecule has 0 aliphatic carbocycles. The average molecular weight is 403 g/mol. The Morgan fingerprint density at radius 3 is 1.73 bits per heavy atom. The molecule has 0 N–H and O–H groups in total. The normalized spacial score (nSPS) is 26.8. The highest BCUT2D eigenvalue weighted by molar-refractivity contribution is 6.16. The summed E-state index contributed by atoms with van der Waals surface area (Å²) in [5.41, 5.74) is 3.56. The Labute approximate surface area is 174 Å². The first-order valence-electron chi connectivity index (χ1n) is 10.2. The topological polar surface area (TPSA) is 57.2 Å². The number of Topliss-reactive ketones (excluding diaryl/α,β-unsaturated/α-hetero) is 1. The molecule has 6 rings (SSSR count). The molecule has 4 heterocycles. The molecule has 0 unspecified atom stereocenters. The molecule has 2 aromatic carbocycles. The summed E-state index contributed by atoms with van der Waals surface area (Å²) in [6, 6.07) is 11.9. The van der Waals surface area contributed by atoms with Crippen LogP contribution in [0.5, 0.6) is 23.0 Å². The standard InChI is InChI=1S/C24H21NO5/c1-25-18-4-5-19(25)17(9-15-3-7-21-23(11-15)30-13-28-21)24(26)16(18)8-14-2-6-20-22(10-14)29-12-27-20/h2-3,6-11,18-19H,4-5,12-13H2,1H3/b16-8+,17-9+/t18-,19-/m0/s1. The van der Waals surface area contributed by atoms with E-state index < -0.39 is 0 Å². The third-order valence-corrected chi connectivity index (χ3v) is 6.38. The van der Waals surface area contributed by atoms with Gasteiger partial charge in [-0.25, -0.2) is 0 Å². The van der Waals surface area contributed by atoms with E-state index in [1.165, 1.54) is 0 Å². The lowest BCUT2D eigenvalue weighted by molar-refractivity contribution is -0.114. The molecule has 152 valence electrons. The molecule has 2 saturated heterocycles. The first kappa shape index (κ1) is 17.6. The summed E-state index contributed by atoms with van der Waals surface area (Å²) >= 11 is 0. The van der Waals surface area contributed by atoms with Gasteiger partial charge in [-0.1, -0.05) is 12.1 Å². The van der Waals surface area contributed by atoms with Crippen LogP contribution in [0.3, 0.4) is 0 Å². The van der Waals surface area contributed by atoms with Gasteiger partial charge in [-0.2, -0.15) is 0 Å². The highest BCUT2D eigenvalue weighted by Crippen LogP contribution is 2.42. The van der Waals surface area contributed by atoms with Crippen molar-refractivity contribution in [1.82, 2.24) is 4.90 Å². The molecule has 2 bridgehead atoms. The molecule has 30 heavy (non-hydrogen) atoms. The Morgan fingerprint density at radius 2 is 1.23 bits per heavy atom. The number of carbonyl (C=O) groups is 1. The fourth-order valence-electron chi connectivity index (χ4n) is 4.85. The Morgan fingerprint density at radius 1 is 0.767 bits per heavy atom. The third kappa shape index (κ3) is 2.71. The van der Waals surface area contributed by atoms with Gasteiger partial charge in [0, 0.05) is 23.2 Å². The maximum absolute atomic E-state index is 13.5. The number of rotatable bonds is 2. The summed E-state index contributed by atoms with van der Waals surface area (Å²) in [5, 5.41) is 0. The lowest BCUT2D eigenvalue weighted by Crippen LogP contribution is -2.43. The van der Waals surface area contributed by atoms with Gasteiger partial charge >= 0.3 is 0 Å². The zero-order chi connectivity index (χ0) is 20.2. The smallest absolute Gasteiger partial charge is 0.231 e. The van der Waals surface area contributed by atoms with Crippen LogP contribution in [0.25, 0.3) is 12.2 Å². The Hall–Kier alpha value is -3.25. The fourth-order valence-corrected chi connectivity index (χ4v) is 4.85. The first-order valence-corrected chi connectivity index (χ1v) is 10.2. The van der Waals surface area contributed by atoms with E-state index in [-0.39, 0.29) is 31.5 Å². The van der Waals surface area contributed by atoms with Gasteiger partial charge in [0.2, 0.25) is 13.6 Å². The fraction of sp³-hybridized carbons (Fsp3) is 0.292. The van der Waals surface area contributed by atoms with Crippen LogP contribution >= 0.6 is 0 Å². The summed E-state index contributed by atoms with van der Waals surface area (Å²) in [7, 11) is 2.11. The number of fused-ring (bicyclic) bond motifs is 4. The minimum atomic E-state index is 0.121. The van der Waals surface area contributed by atoms with E-state index in [0.29, 0.717) is 0 Å². The molecule has 2 aromatic rings. The highest BCUT2D eigenvalue weighted by Gasteiger charge is 2.44. The van der Waals surface area contributed by atoms with Crippen LogP contribution in [-0.2, 0) is 4.79 Å². The average Bonchev–Trinajstić information content (AvgIpc) is 3.47. The van der Waals surface area contributed by atoms with Crippen LogP contribution in [0.4, 0.5) is 0 Å². The molecule has 0 amide bonds. The van der Waals surface area contributed by atoms with Crippen LogP contribution in [0.1, 0.15) is 24.0 Å². The molecule has 6 nitrogen and oxygen atoms in total. The van der Waals surface area contributed by atoms with Crippen molar-refractivity contribution >= 4 is 17.9 Å². The van der Waals surface area contributed by atoms with Crippen molar-refractivity contribution in [2.45, 2.75) is 24.9 Å². The van der Waals surface area contributed by atoms with E-state index in [1.54, 1.807) is 0 Å². The number of likely N-dealkylation sites (N-methyl/N-ethyl adjacent to an activating group) is 1. The molecule has 0 radical (unpaired) electrons. The van der Waals surface area contributed by atoms with E-state index in [1.807, 2.05) is 48.6 Å². The van der Waals surface area contributed by atoms with Gasteiger partial charge in [-0.05, 0) is 67.4 Å². The van der Waals surface area contributed by atoms with Gasteiger partial charge in [0.25, 0.3) is 0 Å². The molecule has 2 fully saturated rings. The monoisotopic (exact) mass is 403 g/mol. The second-order valence-electron chi connectivity index (χ2n) is 8.03. The Bertz CT molecular complexity index is 1030. The van der Waals surface area contributed by atoms with Crippen molar-refractivity contribution < 1.29 is 23.7 Å². The lowest BCUT2D eigenvalue weighted by Gasteiger charge is -2.34. The van der Waals surface area contributed by atoms with Crippen molar-refractivity contribution in [1.29, 1.82) is 0 Å². The van der Waals surface area contributed by atoms with Crippen molar-refractivity contribution in [2.75, 3.05) is 20.6 Å². The minimum Gasteiger partial charge on any atom is -0.454 e. The first-order chi connectivity index (χ1) is 14.7. The molecular formula is C24H21NO5. The Kier molecular flexibility index (Phi) is 3.89. The molecule has 6 heteroatoms. The van der Waals surface area contributed by atoms with E-state index in [0.717, 1.165) is 58.1 Å². The van der Waals surface area contributed by atoms with Crippen molar-refractivity contribution in [3.8, 4) is 23.0 Å². The SMILES string of the molecule is CN1[C@H]2CC[C@H]1/C(=C\c1ccc3c(c1)OCO3)C(=O)/C2=C/c1ccc2c(c1)OCO2. The van der Waals surface area contributed by atoms with E-state index in [2.05, 4.69) is 11.9 Å². The van der Waals surface area contributed by atoms with E-state index in [9.17, 15) is 4.79 Å². The predicted molar refractivity (Wildman–Crippen MR) is 111 cm³/mol. The number of piperidine rings is 1. The molecule has 2 atom stereocenters. The zero-order valence-corrected chi connectivity index (χ0v) is 16.6. The van der Waals surface area contributed by atoms with Gasteiger partial charge in [0.1, 0.15) is 0 Å². The Balaban J connectivity index is 1.39. The molecule has 0 spiro atoms. The predicted octanol–water partition coefficient (Wildman–Crippen LogP) is 3.66. The van der Waals surface area contributed by atoms with Gasteiger partial charge in [-0.15, -0.1) is 0 Å². The second-order valence-corrected chi connectivity index (χ2v) is 8.03. The summed E-state index contributed by atoms with van der Waals surface area (Å²) in [4.78, 5) is 15.9. The third-order valence-electron chi connectivity index (χ3n) is 6.38.